The molecule has 0 spiro atoms. The van der Waals surface area contributed by atoms with Gasteiger partial charge >= 0.3 is 6.09 Å². The van der Waals surface area contributed by atoms with E-state index in [1.165, 1.54) is 19.2 Å². The maximum absolute atomic E-state index is 13.4. The molecule has 1 fully saturated rings. The topological polar surface area (TPSA) is 72.0 Å². The average Bonchev–Trinajstić information content (AvgIpc) is 2.80. The van der Waals surface area contributed by atoms with Crippen molar-refractivity contribution in [3.8, 4) is 11.6 Å². The van der Waals surface area contributed by atoms with Gasteiger partial charge in [-0.3, -0.25) is 4.79 Å². The number of nitrogens with zero attached hydrogens (tertiary/aromatic N) is 3. The molecule has 2 heterocycles. The summed E-state index contributed by atoms with van der Waals surface area (Å²) in [4.78, 5) is 32.1. The van der Waals surface area contributed by atoms with Crippen molar-refractivity contribution < 1.29 is 23.5 Å². The molecule has 1 aliphatic heterocycles. The third-order valence-corrected chi connectivity index (χ3v) is 5.78. The Hall–Kier alpha value is -3.16. The van der Waals surface area contributed by atoms with Gasteiger partial charge in [-0.2, -0.15) is 0 Å². The van der Waals surface area contributed by atoms with Crippen molar-refractivity contribution in [2.75, 3.05) is 25.1 Å². The number of anilines is 1. The minimum Gasteiger partial charge on any atom is -0.478 e. The van der Waals surface area contributed by atoms with E-state index in [-0.39, 0.29) is 29.4 Å². The Balaban J connectivity index is 1.67. The molecule has 1 saturated heterocycles. The fourth-order valence-corrected chi connectivity index (χ4v) is 4.19. The van der Waals surface area contributed by atoms with Crippen LogP contribution in [0.15, 0.2) is 42.6 Å². The molecule has 2 amide bonds. The van der Waals surface area contributed by atoms with Crippen LogP contribution in [0.3, 0.4) is 0 Å². The normalized spacial score (nSPS) is 15.3. The number of pyridine rings is 1. The van der Waals surface area contributed by atoms with E-state index < -0.39 is 6.09 Å². The van der Waals surface area contributed by atoms with Crippen LogP contribution in [-0.2, 0) is 4.79 Å². The number of carbonyl (C=O) groups excluding carboxylic acids is 2. The van der Waals surface area contributed by atoms with Crippen LogP contribution in [0.4, 0.5) is 14.9 Å². The summed E-state index contributed by atoms with van der Waals surface area (Å²) in [6.45, 7) is 5.29. The maximum atomic E-state index is 13.4. The van der Waals surface area contributed by atoms with Crippen LogP contribution in [-0.4, -0.2) is 48.6 Å². The molecule has 2 aromatic rings. The number of methoxy groups -OCH3 is 1. The van der Waals surface area contributed by atoms with Gasteiger partial charge in [0.2, 0.25) is 6.41 Å². The van der Waals surface area contributed by atoms with Gasteiger partial charge < -0.3 is 19.3 Å². The summed E-state index contributed by atoms with van der Waals surface area (Å²) in [6, 6.07) is 9.27. The number of benzene rings is 1. The van der Waals surface area contributed by atoms with Gasteiger partial charge in [0.25, 0.3) is 5.88 Å². The summed E-state index contributed by atoms with van der Waals surface area (Å²) in [7, 11) is 1.47. The predicted octanol–water partition coefficient (Wildman–Crippen LogP) is 4.52. The zero-order valence-corrected chi connectivity index (χ0v) is 18.7. The molecule has 172 valence electrons. The maximum Gasteiger partial charge on any atom is 0.415 e. The van der Waals surface area contributed by atoms with E-state index in [1.807, 2.05) is 0 Å². The predicted molar refractivity (Wildman–Crippen MR) is 119 cm³/mol. The minimum atomic E-state index is -0.444. The van der Waals surface area contributed by atoms with Crippen LogP contribution in [0.1, 0.15) is 33.1 Å². The van der Waals surface area contributed by atoms with Gasteiger partial charge in [0, 0.05) is 31.0 Å². The number of piperidine rings is 1. The fourth-order valence-electron chi connectivity index (χ4n) is 4.19. The standard InChI is InChI=1S/C24H30FN3O4/c1-17(2)15-21(28(16-29)20-8-6-19(25)7-9-20)18-10-13-27(14-11-18)24(30)32-22-5-4-12-26-23(22)31-3/h4-9,12,16-18,21H,10-11,13-15H2,1-3H3. The van der Waals surface area contributed by atoms with Gasteiger partial charge in [-0.05, 0) is 67.5 Å². The molecule has 0 saturated carbocycles. The van der Waals surface area contributed by atoms with Crippen LogP contribution >= 0.6 is 0 Å². The van der Waals surface area contributed by atoms with Crippen molar-refractivity contribution in [2.24, 2.45) is 11.8 Å². The van der Waals surface area contributed by atoms with Gasteiger partial charge in [0.1, 0.15) is 5.82 Å². The number of likely N-dealkylation sites (tertiary alicyclic amines) is 1. The molecule has 0 aliphatic carbocycles. The number of ether oxygens (including phenoxy) is 2. The average molecular weight is 444 g/mol. The lowest BCUT2D eigenvalue weighted by Crippen LogP contribution is -2.47. The molecule has 1 aromatic heterocycles. The Morgan fingerprint density at radius 1 is 1.25 bits per heavy atom. The quantitative estimate of drug-likeness (QED) is 0.561. The van der Waals surface area contributed by atoms with Crippen molar-refractivity contribution >= 4 is 18.2 Å². The fraction of sp³-hybridized carbons (Fsp3) is 0.458. The van der Waals surface area contributed by atoms with Crippen molar-refractivity contribution in [3.05, 3.63) is 48.4 Å². The Kier molecular flexibility index (Phi) is 8.03. The van der Waals surface area contributed by atoms with E-state index in [1.54, 1.807) is 40.3 Å². The molecule has 1 unspecified atom stereocenters. The lowest BCUT2D eigenvalue weighted by molar-refractivity contribution is -0.108. The molecule has 1 aromatic carbocycles. The van der Waals surface area contributed by atoms with E-state index >= 15 is 0 Å². The number of hydrogen-bond donors (Lipinski definition) is 0. The van der Waals surface area contributed by atoms with E-state index in [0.29, 0.717) is 24.7 Å². The largest absolute Gasteiger partial charge is 0.478 e. The van der Waals surface area contributed by atoms with Crippen LogP contribution in [0.2, 0.25) is 0 Å². The minimum absolute atomic E-state index is 0.0328. The van der Waals surface area contributed by atoms with Gasteiger partial charge in [0.05, 0.1) is 7.11 Å². The first kappa shape index (κ1) is 23.5. The first-order chi connectivity index (χ1) is 15.4. The number of amides is 2. The van der Waals surface area contributed by atoms with Crippen LogP contribution in [0.25, 0.3) is 0 Å². The first-order valence-electron chi connectivity index (χ1n) is 10.9. The van der Waals surface area contributed by atoms with Gasteiger partial charge in [0.15, 0.2) is 5.75 Å². The number of halogens is 1. The Labute approximate surface area is 188 Å². The van der Waals surface area contributed by atoms with E-state index in [0.717, 1.165) is 25.7 Å². The number of hydrogen-bond acceptors (Lipinski definition) is 5. The summed E-state index contributed by atoms with van der Waals surface area (Å²) in [5.74, 6) is 0.794. The van der Waals surface area contributed by atoms with Gasteiger partial charge in [-0.1, -0.05) is 13.8 Å². The van der Waals surface area contributed by atoms with Gasteiger partial charge in [-0.25, -0.2) is 14.2 Å². The summed E-state index contributed by atoms with van der Waals surface area (Å²) in [6.07, 6.45) is 4.25. The molecular weight excluding hydrogens is 413 g/mol. The van der Waals surface area contributed by atoms with Gasteiger partial charge in [-0.15, -0.1) is 0 Å². The molecule has 0 bridgehead atoms. The highest BCUT2D eigenvalue weighted by atomic mass is 19.1. The summed E-state index contributed by atoms with van der Waals surface area (Å²) in [5, 5.41) is 0. The second kappa shape index (κ2) is 10.9. The second-order valence-corrected chi connectivity index (χ2v) is 8.39. The molecule has 32 heavy (non-hydrogen) atoms. The molecule has 0 radical (unpaired) electrons. The summed E-state index contributed by atoms with van der Waals surface area (Å²) < 4.78 is 24.0. The molecular formula is C24H30FN3O4. The van der Waals surface area contributed by atoms with Crippen molar-refractivity contribution in [3.63, 3.8) is 0 Å². The molecule has 8 heteroatoms. The highest BCUT2D eigenvalue weighted by molar-refractivity contribution is 5.76. The number of carbonyl (C=O) groups is 2. The lowest BCUT2D eigenvalue weighted by atomic mass is 9.84. The Bertz CT molecular complexity index is 898. The van der Waals surface area contributed by atoms with E-state index in [2.05, 4.69) is 18.8 Å². The van der Waals surface area contributed by atoms with Crippen LogP contribution < -0.4 is 14.4 Å². The molecule has 0 N–H and O–H groups in total. The Morgan fingerprint density at radius 3 is 2.53 bits per heavy atom. The number of rotatable bonds is 8. The highest BCUT2D eigenvalue weighted by Gasteiger charge is 2.33. The third kappa shape index (κ3) is 5.75. The van der Waals surface area contributed by atoms with E-state index in [9.17, 15) is 14.0 Å². The summed E-state index contributed by atoms with van der Waals surface area (Å²) in [5.41, 5.74) is 0.678. The monoisotopic (exact) mass is 443 g/mol. The van der Waals surface area contributed by atoms with Crippen LogP contribution in [0, 0.1) is 17.7 Å². The third-order valence-electron chi connectivity index (χ3n) is 5.78. The molecule has 3 rings (SSSR count). The lowest BCUT2D eigenvalue weighted by Gasteiger charge is -2.40. The smallest absolute Gasteiger partial charge is 0.415 e. The zero-order valence-electron chi connectivity index (χ0n) is 18.7. The molecule has 1 aliphatic rings. The number of aromatic nitrogens is 1. The molecule has 7 nitrogen and oxygen atoms in total. The SMILES string of the molecule is COc1ncccc1OC(=O)N1CCC(C(CC(C)C)N(C=O)c2ccc(F)cc2)CC1. The Morgan fingerprint density at radius 2 is 1.94 bits per heavy atom. The van der Waals surface area contributed by atoms with Crippen molar-refractivity contribution in [2.45, 2.75) is 39.2 Å². The summed E-state index contributed by atoms with van der Waals surface area (Å²) >= 11 is 0. The van der Waals surface area contributed by atoms with Crippen LogP contribution in [0.5, 0.6) is 11.6 Å². The van der Waals surface area contributed by atoms with Crippen molar-refractivity contribution in [1.29, 1.82) is 0 Å². The van der Waals surface area contributed by atoms with Crippen molar-refractivity contribution in [1.82, 2.24) is 9.88 Å². The zero-order chi connectivity index (χ0) is 23.1. The molecule has 1 atom stereocenters. The van der Waals surface area contributed by atoms with E-state index in [4.69, 9.17) is 9.47 Å². The second-order valence-electron chi connectivity index (χ2n) is 8.39. The first-order valence-corrected chi connectivity index (χ1v) is 10.9. The highest BCUT2D eigenvalue weighted by Crippen LogP contribution is 2.32.